The number of carbonyl (C=O) groups excluding carboxylic acids is 1. The Kier molecular flexibility index (Phi) is 6.57. The quantitative estimate of drug-likeness (QED) is 0.560. The molecule has 0 saturated carbocycles. The maximum absolute atomic E-state index is 12.7. The molecule has 3 aromatic rings. The van der Waals surface area contributed by atoms with E-state index in [0.29, 0.717) is 29.5 Å². The average molecular weight is 410 g/mol. The number of benzene rings is 2. The minimum atomic E-state index is -0.282. The van der Waals surface area contributed by atoms with Crippen LogP contribution in [0.15, 0.2) is 41.4 Å². The van der Waals surface area contributed by atoms with Crippen LogP contribution in [-0.2, 0) is 17.8 Å². The monoisotopic (exact) mass is 410 g/mol. The molecule has 0 saturated heterocycles. The summed E-state index contributed by atoms with van der Waals surface area (Å²) in [4.78, 5) is 17.6. The first kappa shape index (κ1) is 20.5. The Bertz CT molecular complexity index is 1140. The second kappa shape index (κ2) is 9.30. The molecule has 6 nitrogen and oxygen atoms in total. The Hall–Kier alpha value is -3.24. The number of fused-ring (bicyclic) bond motifs is 1. The molecule has 3 rings (SSSR count). The number of hydrogen-bond acceptors (Lipinski definition) is 5. The van der Waals surface area contributed by atoms with Gasteiger partial charge in [0, 0.05) is 11.6 Å². The maximum atomic E-state index is 12.7. The Morgan fingerprint density at radius 3 is 2.66 bits per heavy atom. The predicted molar refractivity (Wildman–Crippen MR) is 114 cm³/mol. The molecule has 1 amide bonds. The Labute approximate surface area is 173 Å². The van der Waals surface area contributed by atoms with Crippen LogP contribution < -0.4 is 19.0 Å². The van der Waals surface area contributed by atoms with Gasteiger partial charge in [-0.15, -0.1) is 6.42 Å². The fourth-order valence-corrected chi connectivity index (χ4v) is 4.02. The summed E-state index contributed by atoms with van der Waals surface area (Å²) >= 11 is 1.41. The van der Waals surface area contributed by atoms with Crippen LogP contribution in [0, 0.1) is 12.3 Å². The fraction of sp³-hybridized carbons (Fsp3) is 0.273. The predicted octanol–water partition coefficient (Wildman–Crippen LogP) is 3.42. The highest BCUT2D eigenvalue weighted by molar-refractivity contribution is 7.16. The van der Waals surface area contributed by atoms with E-state index >= 15 is 0 Å². The standard InChI is InChI=1S/C22H22N2O4S/c1-5-11-24-18-10-9-17(28-6-2)14-20(18)29-22(24)23-21(25)12-15-7-8-16(26-3)13-19(15)27-4/h1,7-10,13-14H,6,11-12H2,2-4H3. The lowest BCUT2D eigenvalue weighted by molar-refractivity contribution is -0.117. The van der Waals surface area contributed by atoms with E-state index in [0.717, 1.165) is 21.5 Å². The zero-order chi connectivity index (χ0) is 20.8. The van der Waals surface area contributed by atoms with Gasteiger partial charge in [-0.05, 0) is 31.2 Å². The second-order valence-corrected chi connectivity index (χ2v) is 7.11. The first-order valence-corrected chi connectivity index (χ1v) is 9.89. The maximum Gasteiger partial charge on any atom is 0.252 e. The van der Waals surface area contributed by atoms with Gasteiger partial charge in [-0.25, -0.2) is 0 Å². The molecule has 0 aliphatic rings. The lowest BCUT2D eigenvalue weighted by atomic mass is 10.1. The van der Waals surface area contributed by atoms with Crippen LogP contribution in [0.5, 0.6) is 17.2 Å². The molecule has 0 spiro atoms. The van der Waals surface area contributed by atoms with Gasteiger partial charge < -0.3 is 18.8 Å². The van der Waals surface area contributed by atoms with E-state index in [1.807, 2.05) is 29.7 Å². The number of hydrogen-bond donors (Lipinski definition) is 0. The summed E-state index contributed by atoms with van der Waals surface area (Å²) < 4.78 is 18.9. The first-order chi connectivity index (χ1) is 14.1. The molecular weight excluding hydrogens is 388 g/mol. The summed E-state index contributed by atoms with van der Waals surface area (Å²) in [5.41, 5.74) is 1.66. The van der Waals surface area contributed by atoms with Crippen molar-refractivity contribution < 1.29 is 19.0 Å². The number of carbonyl (C=O) groups is 1. The van der Waals surface area contributed by atoms with Gasteiger partial charge in [0.1, 0.15) is 17.2 Å². The average Bonchev–Trinajstić information content (AvgIpc) is 3.05. The summed E-state index contributed by atoms with van der Waals surface area (Å²) in [5, 5.41) is 0. The molecule has 0 N–H and O–H groups in total. The van der Waals surface area contributed by atoms with Crippen LogP contribution in [0.3, 0.4) is 0 Å². The van der Waals surface area contributed by atoms with Crippen LogP contribution in [0.4, 0.5) is 0 Å². The van der Waals surface area contributed by atoms with Crippen LogP contribution in [0.25, 0.3) is 10.2 Å². The van der Waals surface area contributed by atoms with E-state index in [-0.39, 0.29) is 12.3 Å². The highest BCUT2D eigenvalue weighted by Gasteiger charge is 2.12. The number of methoxy groups -OCH3 is 2. The van der Waals surface area contributed by atoms with Crippen molar-refractivity contribution in [2.24, 2.45) is 4.99 Å². The molecule has 0 bridgehead atoms. The van der Waals surface area contributed by atoms with Crippen molar-refractivity contribution in [1.82, 2.24) is 4.57 Å². The molecule has 1 heterocycles. The lowest BCUT2D eigenvalue weighted by Crippen LogP contribution is -2.17. The number of terminal acetylenes is 1. The van der Waals surface area contributed by atoms with Gasteiger partial charge in [0.25, 0.3) is 5.91 Å². The molecule has 1 aromatic heterocycles. The van der Waals surface area contributed by atoms with Gasteiger partial charge in [-0.3, -0.25) is 4.79 Å². The summed E-state index contributed by atoms with van der Waals surface area (Å²) in [6, 6.07) is 11.1. The van der Waals surface area contributed by atoms with Crippen molar-refractivity contribution in [2.45, 2.75) is 19.9 Å². The summed E-state index contributed by atoms with van der Waals surface area (Å²) in [6.45, 7) is 2.84. The van der Waals surface area contributed by atoms with E-state index < -0.39 is 0 Å². The number of ether oxygens (including phenoxy) is 3. The number of thiazole rings is 1. The zero-order valence-electron chi connectivity index (χ0n) is 16.6. The normalized spacial score (nSPS) is 11.3. The molecular formula is C22H22N2O4S. The Morgan fingerprint density at radius 1 is 1.17 bits per heavy atom. The van der Waals surface area contributed by atoms with Crippen molar-refractivity contribution in [3.05, 3.63) is 46.8 Å². The second-order valence-electron chi connectivity index (χ2n) is 6.10. The van der Waals surface area contributed by atoms with E-state index in [4.69, 9.17) is 20.6 Å². The molecule has 0 aliphatic heterocycles. The molecule has 0 fully saturated rings. The lowest BCUT2D eigenvalue weighted by Gasteiger charge is -2.08. The number of aromatic nitrogens is 1. The van der Waals surface area contributed by atoms with Crippen molar-refractivity contribution >= 4 is 27.5 Å². The molecule has 150 valence electrons. The Balaban J connectivity index is 1.97. The van der Waals surface area contributed by atoms with Crippen molar-refractivity contribution in [3.8, 4) is 29.6 Å². The topological polar surface area (TPSA) is 62.1 Å². The third kappa shape index (κ3) is 4.61. The molecule has 29 heavy (non-hydrogen) atoms. The highest BCUT2D eigenvalue weighted by atomic mass is 32.1. The minimum absolute atomic E-state index is 0.113. The highest BCUT2D eigenvalue weighted by Crippen LogP contribution is 2.26. The van der Waals surface area contributed by atoms with Crippen molar-refractivity contribution in [3.63, 3.8) is 0 Å². The van der Waals surface area contributed by atoms with Crippen LogP contribution in [-0.4, -0.2) is 31.3 Å². The van der Waals surface area contributed by atoms with Gasteiger partial charge in [0.05, 0.1) is 44.0 Å². The van der Waals surface area contributed by atoms with Crippen LogP contribution in [0.2, 0.25) is 0 Å². The summed E-state index contributed by atoms with van der Waals surface area (Å²) in [6.07, 6.45) is 5.64. The molecule has 7 heteroatoms. The minimum Gasteiger partial charge on any atom is -0.497 e. The molecule has 0 radical (unpaired) electrons. The van der Waals surface area contributed by atoms with Gasteiger partial charge in [-0.2, -0.15) is 4.99 Å². The van der Waals surface area contributed by atoms with E-state index in [1.165, 1.54) is 11.3 Å². The van der Waals surface area contributed by atoms with Crippen molar-refractivity contribution in [1.29, 1.82) is 0 Å². The molecule has 0 atom stereocenters. The molecule has 2 aromatic carbocycles. The third-order valence-corrected chi connectivity index (χ3v) is 5.31. The van der Waals surface area contributed by atoms with Crippen LogP contribution in [0.1, 0.15) is 12.5 Å². The smallest absolute Gasteiger partial charge is 0.252 e. The van der Waals surface area contributed by atoms with Gasteiger partial charge in [-0.1, -0.05) is 23.3 Å². The zero-order valence-corrected chi connectivity index (χ0v) is 17.4. The third-order valence-electron chi connectivity index (χ3n) is 4.27. The number of rotatable bonds is 7. The first-order valence-electron chi connectivity index (χ1n) is 9.07. The Morgan fingerprint density at radius 2 is 1.97 bits per heavy atom. The number of amides is 1. The molecule has 0 unspecified atom stereocenters. The summed E-state index contributed by atoms with van der Waals surface area (Å²) in [7, 11) is 3.14. The largest absolute Gasteiger partial charge is 0.497 e. The fourth-order valence-electron chi connectivity index (χ4n) is 2.95. The van der Waals surface area contributed by atoms with Crippen molar-refractivity contribution in [2.75, 3.05) is 20.8 Å². The van der Waals surface area contributed by atoms with E-state index in [9.17, 15) is 4.79 Å². The van der Waals surface area contributed by atoms with Gasteiger partial charge in [0.2, 0.25) is 0 Å². The SMILES string of the molecule is C#CCn1c(=NC(=O)Cc2ccc(OC)cc2OC)sc2cc(OCC)ccc21. The molecule has 0 aliphatic carbocycles. The number of nitrogens with zero attached hydrogens (tertiary/aromatic N) is 2. The van der Waals surface area contributed by atoms with E-state index in [1.54, 1.807) is 32.4 Å². The van der Waals surface area contributed by atoms with Gasteiger partial charge in [0.15, 0.2) is 4.80 Å². The van der Waals surface area contributed by atoms with E-state index in [2.05, 4.69) is 10.9 Å². The summed E-state index contributed by atoms with van der Waals surface area (Å²) in [5.74, 6) is 4.37. The van der Waals surface area contributed by atoms with Crippen LogP contribution >= 0.6 is 11.3 Å². The van der Waals surface area contributed by atoms with Gasteiger partial charge >= 0.3 is 0 Å².